The summed E-state index contributed by atoms with van der Waals surface area (Å²) < 4.78 is 0. The summed E-state index contributed by atoms with van der Waals surface area (Å²) in [6, 6.07) is -0.212. The molecule has 2 N–H and O–H groups in total. The van der Waals surface area contributed by atoms with Gasteiger partial charge in [-0.3, -0.25) is 4.79 Å². The van der Waals surface area contributed by atoms with E-state index >= 15 is 0 Å². The summed E-state index contributed by atoms with van der Waals surface area (Å²) in [6.45, 7) is 4.23. The first-order valence-electron chi connectivity index (χ1n) is 5.88. The summed E-state index contributed by atoms with van der Waals surface area (Å²) in [5.74, 6) is 1.45. The van der Waals surface area contributed by atoms with Crippen LogP contribution in [0.5, 0.6) is 0 Å². The Morgan fingerprint density at radius 2 is 1.93 bits per heavy atom. The van der Waals surface area contributed by atoms with Crippen molar-refractivity contribution in [2.75, 3.05) is 0 Å². The highest BCUT2D eigenvalue weighted by molar-refractivity contribution is 5.83. The number of carbonyl (C=O) groups is 1. The fourth-order valence-electron chi connectivity index (χ4n) is 2.29. The van der Waals surface area contributed by atoms with E-state index in [0.717, 1.165) is 12.8 Å². The van der Waals surface area contributed by atoms with Gasteiger partial charge in [-0.15, -0.1) is 0 Å². The van der Waals surface area contributed by atoms with Gasteiger partial charge in [0.25, 0.3) is 0 Å². The summed E-state index contributed by atoms with van der Waals surface area (Å²) in [5, 5.41) is 0. The predicted molar refractivity (Wildman–Crippen MR) is 59.0 cm³/mol. The first kappa shape index (κ1) is 11.7. The summed E-state index contributed by atoms with van der Waals surface area (Å²) in [7, 11) is 0. The first-order chi connectivity index (χ1) is 6.59. The van der Waals surface area contributed by atoms with E-state index in [-0.39, 0.29) is 11.8 Å². The third kappa shape index (κ3) is 3.79. The van der Waals surface area contributed by atoms with E-state index in [1.165, 1.54) is 25.7 Å². The van der Waals surface area contributed by atoms with Crippen LogP contribution in [-0.4, -0.2) is 11.8 Å². The topological polar surface area (TPSA) is 43.1 Å². The first-order valence-corrected chi connectivity index (χ1v) is 5.88. The van der Waals surface area contributed by atoms with Gasteiger partial charge in [-0.25, -0.2) is 0 Å². The quantitative estimate of drug-likeness (QED) is 0.736. The monoisotopic (exact) mass is 197 g/mol. The Morgan fingerprint density at radius 1 is 1.36 bits per heavy atom. The fourth-order valence-corrected chi connectivity index (χ4v) is 2.29. The molecule has 1 saturated carbocycles. The molecule has 0 aliphatic heterocycles. The molecule has 2 nitrogen and oxygen atoms in total. The predicted octanol–water partition coefficient (Wildman–Crippen LogP) is 2.51. The molecule has 2 heteroatoms. The molecule has 0 saturated heterocycles. The number of carbonyl (C=O) groups excluding carboxylic acids is 1. The van der Waals surface area contributed by atoms with Crippen molar-refractivity contribution < 1.29 is 4.79 Å². The maximum atomic E-state index is 11.7. The highest BCUT2D eigenvalue weighted by Gasteiger charge is 2.22. The van der Waals surface area contributed by atoms with Gasteiger partial charge in [-0.2, -0.15) is 0 Å². The van der Waals surface area contributed by atoms with Crippen molar-refractivity contribution in [3.63, 3.8) is 0 Å². The average Bonchev–Trinajstić information content (AvgIpc) is 2.55. The van der Waals surface area contributed by atoms with E-state index in [0.29, 0.717) is 11.8 Å². The molecule has 1 aliphatic rings. The lowest BCUT2D eigenvalue weighted by atomic mass is 9.93. The van der Waals surface area contributed by atoms with Gasteiger partial charge in [0.05, 0.1) is 6.04 Å². The zero-order valence-corrected chi connectivity index (χ0v) is 9.46. The molecule has 1 aliphatic carbocycles. The lowest BCUT2D eigenvalue weighted by Gasteiger charge is -2.15. The molecule has 1 fully saturated rings. The van der Waals surface area contributed by atoms with Crippen LogP contribution in [0.25, 0.3) is 0 Å². The molecule has 0 amide bonds. The van der Waals surface area contributed by atoms with Gasteiger partial charge in [0, 0.05) is 6.42 Å². The van der Waals surface area contributed by atoms with Crippen LogP contribution < -0.4 is 5.73 Å². The Kier molecular flexibility index (Phi) is 4.59. The molecule has 0 aromatic heterocycles. The van der Waals surface area contributed by atoms with E-state index in [4.69, 9.17) is 5.73 Å². The highest BCUT2D eigenvalue weighted by Crippen LogP contribution is 2.28. The van der Waals surface area contributed by atoms with Crippen LogP contribution in [0, 0.1) is 11.8 Å². The standard InChI is InChI=1S/C12H23NO/c1-9(2)7-11(13)12(14)8-10-5-3-4-6-10/h9-11H,3-8,13H2,1-2H3/t11-/m0/s1. The summed E-state index contributed by atoms with van der Waals surface area (Å²) >= 11 is 0. The van der Waals surface area contributed by atoms with Crippen molar-refractivity contribution in [3.05, 3.63) is 0 Å². The Labute approximate surface area is 87.2 Å². The second kappa shape index (κ2) is 5.50. The molecule has 14 heavy (non-hydrogen) atoms. The number of hydrogen-bond donors (Lipinski definition) is 1. The maximum absolute atomic E-state index is 11.7. The molecule has 0 bridgehead atoms. The second-order valence-electron chi connectivity index (χ2n) is 5.06. The molecule has 0 aromatic rings. The van der Waals surface area contributed by atoms with Gasteiger partial charge in [0.15, 0.2) is 0 Å². The SMILES string of the molecule is CC(C)C[C@H](N)C(=O)CC1CCCC1. The van der Waals surface area contributed by atoms with Crippen LogP contribution in [0.4, 0.5) is 0 Å². The minimum absolute atomic E-state index is 0.212. The molecular formula is C12H23NO. The number of nitrogens with two attached hydrogens (primary N) is 1. The van der Waals surface area contributed by atoms with Crippen LogP contribution in [0.15, 0.2) is 0 Å². The van der Waals surface area contributed by atoms with Crippen LogP contribution >= 0.6 is 0 Å². The molecule has 0 spiro atoms. The van der Waals surface area contributed by atoms with E-state index in [1.807, 2.05) is 0 Å². The summed E-state index contributed by atoms with van der Waals surface area (Å²) in [5.41, 5.74) is 5.85. The van der Waals surface area contributed by atoms with Gasteiger partial charge in [0.1, 0.15) is 5.78 Å². The molecule has 0 radical (unpaired) electrons. The number of Topliss-reactive ketones (excluding diaryl/α,β-unsaturated/α-hetero) is 1. The summed E-state index contributed by atoms with van der Waals surface area (Å²) in [6.07, 6.45) is 6.65. The van der Waals surface area contributed by atoms with Crippen molar-refractivity contribution in [2.24, 2.45) is 17.6 Å². The van der Waals surface area contributed by atoms with Crippen molar-refractivity contribution in [3.8, 4) is 0 Å². The molecule has 0 aromatic carbocycles. The molecule has 0 heterocycles. The molecular weight excluding hydrogens is 174 g/mol. The largest absolute Gasteiger partial charge is 0.322 e. The zero-order valence-electron chi connectivity index (χ0n) is 9.46. The zero-order chi connectivity index (χ0) is 10.6. The lowest BCUT2D eigenvalue weighted by molar-refractivity contribution is -0.121. The van der Waals surface area contributed by atoms with Crippen LogP contribution in [0.3, 0.4) is 0 Å². The van der Waals surface area contributed by atoms with Crippen molar-refractivity contribution >= 4 is 5.78 Å². The Bertz CT molecular complexity index is 183. The van der Waals surface area contributed by atoms with E-state index in [2.05, 4.69) is 13.8 Å². The third-order valence-electron chi connectivity index (χ3n) is 3.10. The minimum Gasteiger partial charge on any atom is -0.322 e. The fraction of sp³-hybridized carbons (Fsp3) is 0.917. The number of hydrogen-bond acceptors (Lipinski definition) is 2. The molecule has 1 rings (SSSR count). The Morgan fingerprint density at radius 3 is 2.43 bits per heavy atom. The van der Waals surface area contributed by atoms with E-state index in [9.17, 15) is 4.79 Å². The van der Waals surface area contributed by atoms with Crippen molar-refractivity contribution in [2.45, 2.75) is 58.4 Å². The van der Waals surface area contributed by atoms with Gasteiger partial charge >= 0.3 is 0 Å². The molecule has 0 unspecified atom stereocenters. The Balaban J connectivity index is 2.25. The van der Waals surface area contributed by atoms with Crippen molar-refractivity contribution in [1.29, 1.82) is 0 Å². The minimum atomic E-state index is -0.212. The second-order valence-corrected chi connectivity index (χ2v) is 5.06. The average molecular weight is 197 g/mol. The number of ketones is 1. The van der Waals surface area contributed by atoms with E-state index in [1.54, 1.807) is 0 Å². The maximum Gasteiger partial charge on any atom is 0.149 e. The normalized spacial score (nSPS) is 20.3. The van der Waals surface area contributed by atoms with Gasteiger partial charge < -0.3 is 5.73 Å². The van der Waals surface area contributed by atoms with Crippen molar-refractivity contribution in [1.82, 2.24) is 0 Å². The molecule has 82 valence electrons. The summed E-state index contributed by atoms with van der Waals surface area (Å²) in [4.78, 5) is 11.7. The molecule has 1 atom stereocenters. The smallest absolute Gasteiger partial charge is 0.149 e. The van der Waals surface area contributed by atoms with Gasteiger partial charge in [-0.05, 0) is 18.3 Å². The van der Waals surface area contributed by atoms with Crippen LogP contribution in [0.1, 0.15) is 52.4 Å². The van der Waals surface area contributed by atoms with Gasteiger partial charge in [0.2, 0.25) is 0 Å². The third-order valence-corrected chi connectivity index (χ3v) is 3.10. The van der Waals surface area contributed by atoms with E-state index < -0.39 is 0 Å². The van der Waals surface area contributed by atoms with Crippen LogP contribution in [-0.2, 0) is 4.79 Å². The Hall–Kier alpha value is -0.370. The van der Waals surface area contributed by atoms with Crippen LogP contribution in [0.2, 0.25) is 0 Å². The number of rotatable bonds is 5. The lowest BCUT2D eigenvalue weighted by Crippen LogP contribution is -2.32. The highest BCUT2D eigenvalue weighted by atomic mass is 16.1. The van der Waals surface area contributed by atoms with Gasteiger partial charge in [-0.1, -0.05) is 39.5 Å².